The van der Waals surface area contributed by atoms with Gasteiger partial charge < -0.3 is 20.5 Å². The minimum absolute atomic E-state index is 0.00868. The molecule has 0 fully saturated rings. The van der Waals surface area contributed by atoms with Crippen LogP contribution in [0, 0.1) is 13.8 Å². The van der Waals surface area contributed by atoms with Crippen molar-refractivity contribution in [1.29, 1.82) is 0 Å². The van der Waals surface area contributed by atoms with Crippen LogP contribution in [-0.2, 0) is 0 Å². The molecule has 0 aromatic heterocycles. The van der Waals surface area contributed by atoms with Crippen LogP contribution >= 0.6 is 0 Å². The molecule has 2 amide bonds. The number of rotatable bonds is 5. The number of carboxylic acids is 1. The maximum Gasteiger partial charge on any atom is 0.335 e. The second kappa shape index (κ2) is 7.31. The highest BCUT2D eigenvalue weighted by atomic mass is 16.5. The van der Waals surface area contributed by atoms with E-state index in [-0.39, 0.29) is 12.3 Å². The average molecular weight is 314 g/mol. The lowest BCUT2D eigenvalue weighted by Gasteiger charge is -2.12. The number of carbonyl (C=O) groups is 2. The van der Waals surface area contributed by atoms with Gasteiger partial charge in [0.2, 0.25) is 0 Å². The molecule has 23 heavy (non-hydrogen) atoms. The summed E-state index contributed by atoms with van der Waals surface area (Å²) in [6, 6.07) is 11.2. The Morgan fingerprint density at radius 2 is 1.87 bits per heavy atom. The second-order valence-electron chi connectivity index (χ2n) is 5.00. The van der Waals surface area contributed by atoms with Gasteiger partial charge in [0.25, 0.3) is 0 Å². The first-order valence-corrected chi connectivity index (χ1v) is 7.04. The van der Waals surface area contributed by atoms with Crippen molar-refractivity contribution >= 4 is 17.7 Å². The van der Waals surface area contributed by atoms with E-state index < -0.39 is 12.0 Å². The van der Waals surface area contributed by atoms with Crippen LogP contribution in [0.5, 0.6) is 5.75 Å². The van der Waals surface area contributed by atoms with E-state index in [0.717, 1.165) is 11.1 Å². The number of anilines is 1. The second-order valence-corrected chi connectivity index (χ2v) is 5.00. The summed E-state index contributed by atoms with van der Waals surface area (Å²) in [6.07, 6.45) is 0. The van der Waals surface area contributed by atoms with Crippen molar-refractivity contribution in [1.82, 2.24) is 5.32 Å². The van der Waals surface area contributed by atoms with Crippen LogP contribution in [0.25, 0.3) is 0 Å². The third-order valence-electron chi connectivity index (χ3n) is 3.38. The van der Waals surface area contributed by atoms with Crippen molar-refractivity contribution in [3.63, 3.8) is 0 Å². The molecule has 0 saturated carbocycles. The molecule has 0 atom stereocenters. The van der Waals surface area contributed by atoms with E-state index in [4.69, 9.17) is 9.84 Å². The highest BCUT2D eigenvalue weighted by Gasteiger charge is 2.06. The number of hydrogen-bond acceptors (Lipinski definition) is 3. The molecule has 0 saturated heterocycles. The minimum Gasteiger partial charge on any atom is -0.478 e. The van der Waals surface area contributed by atoms with Gasteiger partial charge in [0.15, 0.2) is 6.73 Å². The zero-order chi connectivity index (χ0) is 16.8. The Kier molecular flexibility index (Phi) is 5.19. The predicted octanol–water partition coefficient (Wildman–Crippen LogP) is 3.16. The minimum atomic E-state index is -1.05. The number of ether oxygens (including phenoxy) is 1. The Bertz CT molecular complexity index is 728. The van der Waals surface area contributed by atoms with Gasteiger partial charge in [0.1, 0.15) is 5.75 Å². The van der Waals surface area contributed by atoms with Gasteiger partial charge in [-0.1, -0.05) is 18.2 Å². The summed E-state index contributed by atoms with van der Waals surface area (Å²) in [7, 11) is 0. The summed E-state index contributed by atoms with van der Waals surface area (Å²) in [5, 5.41) is 14.0. The van der Waals surface area contributed by atoms with Gasteiger partial charge in [0, 0.05) is 5.69 Å². The van der Waals surface area contributed by atoms with Gasteiger partial charge in [-0.25, -0.2) is 9.59 Å². The first kappa shape index (κ1) is 16.4. The lowest BCUT2D eigenvalue weighted by molar-refractivity contribution is 0.0697. The zero-order valence-electron chi connectivity index (χ0n) is 12.9. The van der Waals surface area contributed by atoms with E-state index in [1.165, 1.54) is 12.1 Å². The van der Waals surface area contributed by atoms with Crippen molar-refractivity contribution in [2.75, 3.05) is 12.0 Å². The number of carboxylic acid groups (broad SMARTS) is 1. The molecule has 0 radical (unpaired) electrons. The smallest absolute Gasteiger partial charge is 0.335 e. The molecule has 0 bridgehead atoms. The zero-order valence-corrected chi connectivity index (χ0v) is 12.9. The van der Waals surface area contributed by atoms with Crippen LogP contribution in [0.15, 0.2) is 42.5 Å². The number of urea groups is 1. The van der Waals surface area contributed by atoms with E-state index in [1.807, 2.05) is 32.0 Å². The number of hydrogen-bond donors (Lipinski definition) is 3. The largest absolute Gasteiger partial charge is 0.478 e. The lowest BCUT2D eigenvalue weighted by Crippen LogP contribution is -2.32. The Labute approximate surface area is 134 Å². The van der Waals surface area contributed by atoms with Gasteiger partial charge >= 0.3 is 12.0 Å². The fourth-order valence-electron chi connectivity index (χ4n) is 1.97. The van der Waals surface area contributed by atoms with Crippen molar-refractivity contribution in [2.24, 2.45) is 0 Å². The topological polar surface area (TPSA) is 87.7 Å². The van der Waals surface area contributed by atoms with Crippen LogP contribution in [-0.4, -0.2) is 23.8 Å². The quantitative estimate of drug-likeness (QED) is 0.740. The Balaban J connectivity index is 1.87. The first-order chi connectivity index (χ1) is 11.0. The van der Waals surface area contributed by atoms with Crippen LogP contribution in [0.2, 0.25) is 0 Å². The maximum absolute atomic E-state index is 11.8. The number of nitrogens with one attached hydrogen (secondary N) is 2. The molecular formula is C17H18N2O4. The van der Waals surface area contributed by atoms with Gasteiger partial charge in [-0.05, 0) is 49.2 Å². The molecule has 0 aliphatic carbocycles. The fraction of sp³-hybridized carbons (Fsp3) is 0.176. The Hall–Kier alpha value is -3.02. The average Bonchev–Trinajstić information content (AvgIpc) is 2.51. The van der Waals surface area contributed by atoms with E-state index in [2.05, 4.69) is 10.6 Å². The van der Waals surface area contributed by atoms with Crippen LogP contribution in [0.4, 0.5) is 10.5 Å². The molecular weight excluding hydrogens is 296 g/mol. The van der Waals surface area contributed by atoms with Gasteiger partial charge in [-0.3, -0.25) is 0 Å². The van der Waals surface area contributed by atoms with E-state index in [0.29, 0.717) is 11.4 Å². The van der Waals surface area contributed by atoms with Gasteiger partial charge in [-0.15, -0.1) is 0 Å². The van der Waals surface area contributed by atoms with Crippen molar-refractivity contribution in [3.8, 4) is 5.75 Å². The predicted molar refractivity (Wildman–Crippen MR) is 87.0 cm³/mol. The molecule has 0 heterocycles. The summed E-state index contributed by atoms with van der Waals surface area (Å²) < 4.78 is 5.52. The lowest BCUT2D eigenvalue weighted by atomic mass is 10.1. The maximum atomic E-state index is 11.8. The molecule has 120 valence electrons. The van der Waals surface area contributed by atoms with Gasteiger partial charge in [-0.2, -0.15) is 0 Å². The summed E-state index contributed by atoms with van der Waals surface area (Å²) in [6.45, 7) is 3.94. The number of carbonyl (C=O) groups excluding carboxylic acids is 1. The molecule has 0 aliphatic heterocycles. The van der Waals surface area contributed by atoms with E-state index >= 15 is 0 Å². The normalized spacial score (nSPS) is 10.0. The highest BCUT2D eigenvalue weighted by Crippen LogP contribution is 2.20. The SMILES string of the molecule is Cc1cccc(OCNC(=O)Nc2cccc(C(=O)O)c2)c1C. The molecule has 0 unspecified atom stereocenters. The number of amides is 2. The highest BCUT2D eigenvalue weighted by molar-refractivity contribution is 5.93. The number of aromatic carboxylic acids is 1. The monoisotopic (exact) mass is 314 g/mol. The third-order valence-corrected chi connectivity index (χ3v) is 3.38. The fourth-order valence-corrected chi connectivity index (χ4v) is 1.97. The first-order valence-electron chi connectivity index (χ1n) is 7.04. The van der Waals surface area contributed by atoms with Crippen molar-refractivity contribution < 1.29 is 19.4 Å². The van der Waals surface area contributed by atoms with Crippen molar-refractivity contribution in [3.05, 3.63) is 59.2 Å². The summed E-state index contributed by atoms with van der Waals surface area (Å²) in [4.78, 5) is 22.7. The van der Waals surface area contributed by atoms with Crippen molar-refractivity contribution in [2.45, 2.75) is 13.8 Å². The molecule has 2 aromatic carbocycles. The molecule has 0 aliphatic rings. The molecule has 2 rings (SSSR count). The van der Waals surface area contributed by atoms with E-state index in [1.54, 1.807) is 12.1 Å². The van der Waals surface area contributed by atoms with E-state index in [9.17, 15) is 9.59 Å². The van der Waals surface area contributed by atoms with Crippen LogP contribution < -0.4 is 15.4 Å². The molecule has 6 heteroatoms. The number of aryl methyl sites for hydroxylation is 1. The Morgan fingerprint density at radius 3 is 2.61 bits per heavy atom. The van der Waals surface area contributed by atoms with Gasteiger partial charge in [0.05, 0.1) is 5.56 Å². The molecule has 3 N–H and O–H groups in total. The standard InChI is InChI=1S/C17H18N2O4/c1-11-5-3-8-15(12(11)2)23-10-18-17(22)19-14-7-4-6-13(9-14)16(20)21/h3-9H,10H2,1-2H3,(H,20,21)(H2,18,19,22). The molecule has 2 aromatic rings. The molecule has 6 nitrogen and oxygen atoms in total. The summed E-state index contributed by atoms with van der Waals surface area (Å²) in [5.41, 5.74) is 2.63. The summed E-state index contributed by atoms with van der Waals surface area (Å²) in [5.74, 6) is -0.342. The third kappa shape index (κ3) is 4.47. The Morgan fingerprint density at radius 1 is 1.13 bits per heavy atom. The molecule has 0 spiro atoms. The van der Waals surface area contributed by atoms with Crippen LogP contribution in [0.1, 0.15) is 21.5 Å². The van der Waals surface area contributed by atoms with Crippen LogP contribution in [0.3, 0.4) is 0 Å². The number of benzene rings is 2. The summed E-state index contributed by atoms with van der Waals surface area (Å²) >= 11 is 0.